The minimum Gasteiger partial charge on any atom is -0.298 e. The summed E-state index contributed by atoms with van der Waals surface area (Å²) in [4.78, 5) is 9.13. The molecule has 0 saturated carbocycles. The van der Waals surface area contributed by atoms with E-state index in [0.717, 1.165) is 26.2 Å². The Bertz CT molecular complexity index is 789. The van der Waals surface area contributed by atoms with Crippen LogP contribution in [0.1, 0.15) is 29.9 Å². The number of likely N-dealkylation sites (tertiary alicyclic amines) is 1. The highest BCUT2D eigenvalue weighted by Gasteiger charge is 2.53. The summed E-state index contributed by atoms with van der Waals surface area (Å²) in [6.45, 7) is 3.80. The van der Waals surface area contributed by atoms with E-state index in [1.807, 2.05) is 24.5 Å². The molecule has 136 valence electrons. The monoisotopic (exact) mass is 355 g/mol. The number of pyridine rings is 1. The number of fused-ring (bicyclic) bond motifs is 2. The van der Waals surface area contributed by atoms with Crippen molar-refractivity contribution in [3.8, 4) is 0 Å². The second-order valence-corrected chi connectivity index (χ2v) is 7.89. The third kappa shape index (κ3) is 2.57. The Kier molecular flexibility index (Phi) is 4.02. The number of aromatic nitrogens is 1. The van der Waals surface area contributed by atoms with E-state index in [1.165, 1.54) is 24.5 Å². The van der Waals surface area contributed by atoms with Crippen molar-refractivity contribution < 1.29 is 8.78 Å². The zero-order chi connectivity index (χ0) is 17.7. The molecule has 4 aliphatic rings. The van der Waals surface area contributed by atoms with Gasteiger partial charge < -0.3 is 0 Å². The van der Waals surface area contributed by atoms with Gasteiger partial charge in [-0.25, -0.2) is 8.78 Å². The van der Waals surface area contributed by atoms with Crippen LogP contribution in [-0.2, 0) is 6.54 Å². The van der Waals surface area contributed by atoms with Gasteiger partial charge in [-0.3, -0.25) is 14.8 Å². The molecular weight excluding hydrogens is 332 g/mol. The van der Waals surface area contributed by atoms with E-state index in [1.54, 1.807) is 12.1 Å². The summed E-state index contributed by atoms with van der Waals surface area (Å²) >= 11 is 0. The van der Waals surface area contributed by atoms with Crippen molar-refractivity contribution in [2.45, 2.75) is 37.4 Å². The Labute approximate surface area is 152 Å². The molecule has 1 aromatic heterocycles. The van der Waals surface area contributed by atoms with Gasteiger partial charge in [0.1, 0.15) is 0 Å². The van der Waals surface area contributed by atoms with Crippen molar-refractivity contribution in [1.82, 2.24) is 14.8 Å². The smallest absolute Gasteiger partial charge is 0.162 e. The Morgan fingerprint density at radius 1 is 1.00 bits per heavy atom. The maximum absolute atomic E-state index is 14.6. The van der Waals surface area contributed by atoms with Crippen molar-refractivity contribution in [2.24, 2.45) is 5.92 Å². The number of halogens is 2. The van der Waals surface area contributed by atoms with Gasteiger partial charge in [-0.15, -0.1) is 0 Å². The van der Waals surface area contributed by atoms with Crippen LogP contribution in [0.4, 0.5) is 8.78 Å². The molecule has 3 atom stereocenters. The van der Waals surface area contributed by atoms with Crippen LogP contribution in [0.15, 0.2) is 42.7 Å². The van der Waals surface area contributed by atoms with Crippen LogP contribution in [0, 0.1) is 17.6 Å². The molecule has 6 rings (SSSR count). The molecule has 0 unspecified atom stereocenters. The van der Waals surface area contributed by atoms with Crippen LogP contribution >= 0.6 is 0 Å². The molecule has 0 N–H and O–H groups in total. The second kappa shape index (κ2) is 6.39. The number of hydrogen-bond donors (Lipinski definition) is 0. The summed E-state index contributed by atoms with van der Waals surface area (Å²) in [5.41, 5.74) is 1.78. The van der Waals surface area contributed by atoms with Gasteiger partial charge in [0.2, 0.25) is 0 Å². The number of nitrogens with zero attached hydrogens (tertiary/aromatic N) is 3. The average molecular weight is 355 g/mol. The molecular formula is C21H23F2N3. The van der Waals surface area contributed by atoms with Gasteiger partial charge in [-0.1, -0.05) is 12.1 Å². The summed E-state index contributed by atoms with van der Waals surface area (Å²) in [6, 6.07) is 9.45. The molecule has 4 aliphatic heterocycles. The standard InChI is InChI=1S/C21H23F2N3/c22-18-3-1-2-16(19(18)23)17-13-26(12-14-4-8-24-9-5-14)20-15-6-10-25(11-7-15)21(17)20/h1-5,8-9,15,17,20-21H,6-7,10-13H2/t17-,20-,21-/m0/s1. The third-order valence-electron chi connectivity index (χ3n) is 6.61. The van der Waals surface area contributed by atoms with Crippen LogP contribution < -0.4 is 0 Å². The maximum atomic E-state index is 14.6. The van der Waals surface area contributed by atoms with Crippen LogP contribution in [-0.4, -0.2) is 46.5 Å². The van der Waals surface area contributed by atoms with Crippen LogP contribution in [0.25, 0.3) is 0 Å². The fourth-order valence-electron chi connectivity index (χ4n) is 5.52. The van der Waals surface area contributed by atoms with Crippen LogP contribution in [0.5, 0.6) is 0 Å². The molecule has 0 amide bonds. The topological polar surface area (TPSA) is 19.4 Å². The first-order valence-corrected chi connectivity index (χ1v) is 9.53. The first-order valence-electron chi connectivity index (χ1n) is 9.53. The molecule has 0 spiro atoms. The predicted molar refractivity (Wildman–Crippen MR) is 95.6 cm³/mol. The maximum Gasteiger partial charge on any atom is 0.162 e. The zero-order valence-electron chi connectivity index (χ0n) is 14.7. The molecule has 1 aromatic carbocycles. The molecule has 4 saturated heterocycles. The molecule has 5 heteroatoms. The molecule has 0 aliphatic carbocycles. The number of piperidine rings is 3. The highest BCUT2D eigenvalue weighted by Crippen LogP contribution is 2.47. The fraction of sp³-hybridized carbons (Fsp3) is 0.476. The largest absolute Gasteiger partial charge is 0.298 e. The molecule has 26 heavy (non-hydrogen) atoms. The highest BCUT2D eigenvalue weighted by atomic mass is 19.2. The van der Waals surface area contributed by atoms with Gasteiger partial charge in [-0.05, 0) is 61.2 Å². The average Bonchev–Trinajstić information content (AvgIpc) is 3.07. The van der Waals surface area contributed by atoms with E-state index < -0.39 is 11.6 Å². The summed E-state index contributed by atoms with van der Waals surface area (Å²) in [7, 11) is 0. The first-order chi connectivity index (χ1) is 12.7. The van der Waals surface area contributed by atoms with E-state index in [2.05, 4.69) is 14.8 Å². The van der Waals surface area contributed by atoms with E-state index in [9.17, 15) is 8.78 Å². The molecule has 5 heterocycles. The summed E-state index contributed by atoms with van der Waals surface area (Å²) in [5, 5.41) is 0. The Morgan fingerprint density at radius 2 is 1.77 bits per heavy atom. The Balaban J connectivity index is 1.51. The van der Waals surface area contributed by atoms with E-state index >= 15 is 0 Å². The molecule has 3 nitrogen and oxygen atoms in total. The Hall–Kier alpha value is -1.85. The van der Waals surface area contributed by atoms with Gasteiger partial charge in [0.05, 0.1) is 0 Å². The van der Waals surface area contributed by atoms with E-state index in [4.69, 9.17) is 0 Å². The number of benzene rings is 1. The molecule has 2 aromatic rings. The number of rotatable bonds is 3. The quantitative estimate of drug-likeness (QED) is 0.841. The normalized spacial score (nSPS) is 33.4. The number of hydrogen-bond acceptors (Lipinski definition) is 3. The summed E-state index contributed by atoms with van der Waals surface area (Å²) in [5.74, 6) is -0.707. The molecule has 4 fully saturated rings. The van der Waals surface area contributed by atoms with Gasteiger partial charge in [-0.2, -0.15) is 0 Å². The van der Waals surface area contributed by atoms with Crippen LogP contribution in [0.3, 0.4) is 0 Å². The molecule has 0 radical (unpaired) electrons. The van der Waals surface area contributed by atoms with Gasteiger partial charge in [0.25, 0.3) is 0 Å². The second-order valence-electron chi connectivity index (χ2n) is 7.89. The van der Waals surface area contributed by atoms with Crippen molar-refractivity contribution in [3.63, 3.8) is 0 Å². The van der Waals surface area contributed by atoms with E-state index in [-0.39, 0.29) is 5.92 Å². The van der Waals surface area contributed by atoms with Crippen molar-refractivity contribution >= 4 is 0 Å². The lowest BCUT2D eigenvalue weighted by molar-refractivity contribution is -0.00888. The first kappa shape index (κ1) is 16.3. The van der Waals surface area contributed by atoms with Gasteiger partial charge in [0, 0.05) is 43.5 Å². The van der Waals surface area contributed by atoms with Crippen molar-refractivity contribution in [2.75, 3.05) is 19.6 Å². The predicted octanol–water partition coefficient (Wildman–Crippen LogP) is 3.42. The van der Waals surface area contributed by atoms with Crippen LogP contribution in [0.2, 0.25) is 0 Å². The SMILES string of the molecule is Fc1cccc([C@@H]2CN(Cc3ccncc3)[C@H]3C4CCN(CC4)[C@@H]23)c1F. The third-order valence-corrected chi connectivity index (χ3v) is 6.61. The highest BCUT2D eigenvalue weighted by molar-refractivity contribution is 5.29. The minimum atomic E-state index is -0.734. The zero-order valence-corrected chi connectivity index (χ0v) is 14.7. The van der Waals surface area contributed by atoms with Crippen molar-refractivity contribution in [1.29, 1.82) is 0 Å². The fourth-order valence-corrected chi connectivity index (χ4v) is 5.52. The van der Waals surface area contributed by atoms with Gasteiger partial charge >= 0.3 is 0 Å². The summed E-state index contributed by atoms with van der Waals surface area (Å²) < 4.78 is 28.5. The lowest BCUT2D eigenvalue weighted by Gasteiger charge is -2.51. The summed E-state index contributed by atoms with van der Waals surface area (Å²) in [6.07, 6.45) is 6.07. The van der Waals surface area contributed by atoms with Crippen molar-refractivity contribution in [3.05, 3.63) is 65.5 Å². The lowest BCUT2D eigenvalue weighted by atomic mass is 9.75. The minimum absolute atomic E-state index is 0.0284. The van der Waals surface area contributed by atoms with Gasteiger partial charge in [0.15, 0.2) is 11.6 Å². The Morgan fingerprint density at radius 3 is 2.54 bits per heavy atom. The molecule has 2 bridgehead atoms. The lowest BCUT2D eigenvalue weighted by Crippen LogP contribution is -2.60. The van der Waals surface area contributed by atoms with E-state index in [0.29, 0.717) is 23.6 Å².